The van der Waals surface area contributed by atoms with Gasteiger partial charge >= 0.3 is 5.97 Å². The van der Waals surface area contributed by atoms with Crippen molar-refractivity contribution < 1.29 is 23.5 Å². The highest BCUT2D eigenvalue weighted by Gasteiger charge is 2.28. The van der Waals surface area contributed by atoms with Gasteiger partial charge in [0, 0.05) is 6.04 Å². The summed E-state index contributed by atoms with van der Waals surface area (Å²) < 4.78 is 26.1. The molecule has 1 aromatic rings. The second-order valence-electron chi connectivity index (χ2n) is 4.86. The minimum atomic E-state index is -1.47. The number of halogens is 2. The van der Waals surface area contributed by atoms with Gasteiger partial charge in [0.05, 0.1) is 11.1 Å². The molecule has 0 heterocycles. The molecule has 1 fully saturated rings. The van der Waals surface area contributed by atoms with Gasteiger partial charge in [0.1, 0.15) is 0 Å². The Morgan fingerprint density at radius 1 is 1.21 bits per heavy atom. The predicted octanol–water partition coefficient (Wildman–Crippen LogP) is 2.19. The highest BCUT2D eigenvalue weighted by Crippen LogP contribution is 2.27. The minimum Gasteiger partial charge on any atom is -0.478 e. The first-order valence-corrected chi connectivity index (χ1v) is 5.91. The lowest BCUT2D eigenvalue weighted by atomic mass is 9.82. The highest BCUT2D eigenvalue weighted by atomic mass is 19.2. The smallest absolute Gasteiger partial charge is 0.336 e. The van der Waals surface area contributed by atoms with Gasteiger partial charge < -0.3 is 10.4 Å². The minimum absolute atomic E-state index is 0.0303. The van der Waals surface area contributed by atoms with Crippen LogP contribution in [0.4, 0.5) is 8.78 Å². The summed E-state index contributed by atoms with van der Waals surface area (Å²) in [5, 5.41) is 11.5. The standard InChI is InChI=1S/C13H13F2NO3/c1-6-2-7(3-6)16-12(17)8-4-10(14)11(15)5-9(8)13(18)19/h4-7H,2-3H2,1H3,(H,16,17)(H,18,19). The van der Waals surface area contributed by atoms with Crippen LogP contribution in [0.3, 0.4) is 0 Å². The van der Waals surface area contributed by atoms with Crippen molar-refractivity contribution in [1.29, 1.82) is 0 Å². The SMILES string of the molecule is CC1CC(NC(=O)c2cc(F)c(F)cc2C(=O)O)C1. The van der Waals surface area contributed by atoms with Gasteiger partial charge in [-0.1, -0.05) is 6.92 Å². The summed E-state index contributed by atoms with van der Waals surface area (Å²) in [6.07, 6.45) is 1.61. The third-order valence-electron chi connectivity index (χ3n) is 3.24. The summed E-state index contributed by atoms with van der Waals surface area (Å²) in [4.78, 5) is 22.8. The molecular weight excluding hydrogens is 256 g/mol. The van der Waals surface area contributed by atoms with Crippen LogP contribution >= 0.6 is 0 Å². The Morgan fingerprint density at radius 3 is 2.21 bits per heavy atom. The van der Waals surface area contributed by atoms with Crippen LogP contribution in [0.2, 0.25) is 0 Å². The zero-order valence-electron chi connectivity index (χ0n) is 10.2. The lowest BCUT2D eigenvalue weighted by Crippen LogP contribution is -2.43. The Bertz CT molecular complexity index is 539. The number of aromatic carboxylic acids is 1. The molecule has 102 valence electrons. The summed E-state index contributed by atoms with van der Waals surface area (Å²) in [6.45, 7) is 2.03. The van der Waals surface area contributed by atoms with Crippen LogP contribution in [0.25, 0.3) is 0 Å². The fourth-order valence-corrected chi connectivity index (χ4v) is 2.20. The van der Waals surface area contributed by atoms with E-state index in [0.717, 1.165) is 12.8 Å². The molecule has 1 aliphatic carbocycles. The van der Waals surface area contributed by atoms with Crippen LogP contribution in [0.5, 0.6) is 0 Å². The molecule has 1 saturated carbocycles. The number of amides is 1. The van der Waals surface area contributed by atoms with Crippen molar-refractivity contribution in [2.24, 2.45) is 5.92 Å². The largest absolute Gasteiger partial charge is 0.478 e. The van der Waals surface area contributed by atoms with Crippen molar-refractivity contribution in [3.05, 3.63) is 34.9 Å². The second-order valence-corrected chi connectivity index (χ2v) is 4.86. The van der Waals surface area contributed by atoms with Crippen molar-refractivity contribution >= 4 is 11.9 Å². The molecule has 0 atom stereocenters. The van der Waals surface area contributed by atoms with E-state index in [1.165, 1.54) is 0 Å². The van der Waals surface area contributed by atoms with Gasteiger partial charge in [0.2, 0.25) is 0 Å². The molecule has 1 amide bonds. The number of carbonyl (C=O) groups excluding carboxylic acids is 1. The zero-order valence-corrected chi connectivity index (χ0v) is 10.2. The lowest BCUT2D eigenvalue weighted by Gasteiger charge is -2.33. The van der Waals surface area contributed by atoms with Gasteiger partial charge in [-0.05, 0) is 30.9 Å². The van der Waals surface area contributed by atoms with E-state index in [4.69, 9.17) is 5.11 Å². The number of carboxylic acid groups (broad SMARTS) is 1. The van der Waals surface area contributed by atoms with E-state index in [1.807, 2.05) is 6.92 Å². The summed E-state index contributed by atoms with van der Waals surface area (Å²) in [5.41, 5.74) is -0.894. The average molecular weight is 269 g/mol. The van der Waals surface area contributed by atoms with E-state index < -0.39 is 29.1 Å². The summed E-state index contributed by atoms with van der Waals surface area (Å²) in [7, 11) is 0. The molecule has 0 bridgehead atoms. The van der Waals surface area contributed by atoms with Crippen LogP contribution in [-0.2, 0) is 0 Å². The first-order chi connectivity index (χ1) is 8.88. The molecule has 4 nitrogen and oxygen atoms in total. The molecule has 0 radical (unpaired) electrons. The van der Waals surface area contributed by atoms with Crippen molar-refractivity contribution in [2.45, 2.75) is 25.8 Å². The van der Waals surface area contributed by atoms with E-state index in [-0.39, 0.29) is 11.6 Å². The normalized spacial score (nSPS) is 21.6. The van der Waals surface area contributed by atoms with Crippen LogP contribution in [0.15, 0.2) is 12.1 Å². The number of rotatable bonds is 3. The summed E-state index contributed by atoms with van der Waals surface area (Å²) >= 11 is 0. The maximum Gasteiger partial charge on any atom is 0.336 e. The molecule has 2 N–H and O–H groups in total. The Balaban J connectivity index is 2.24. The van der Waals surface area contributed by atoms with Crippen molar-refractivity contribution in [3.8, 4) is 0 Å². The summed E-state index contributed by atoms with van der Waals surface area (Å²) in [6, 6.07) is 1.11. The van der Waals surface area contributed by atoms with Crippen molar-refractivity contribution in [3.63, 3.8) is 0 Å². The van der Waals surface area contributed by atoms with Gasteiger partial charge in [-0.3, -0.25) is 4.79 Å². The van der Waals surface area contributed by atoms with Crippen molar-refractivity contribution in [2.75, 3.05) is 0 Å². The molecule has 0 aliphatic heterocycles. The molecule has 6 heteroatoms. The zero-order chi connectivity index (χ0) is 14.2. The van der Waals surface area contributed by atoms with Crippen LogP contribution in [-0.4, -0.2) is 23.0 Å². The molecule has 0 unspecified atom stereocenters. The maximum atomic E-state index is 13.1. The van der Waals surface area contributed by atoms with E-state index in [0.29, 0.717) is 18.1 Å². The molecular formula is C13H13F2NO3. The number of benzene rings is 1. The van der Waals surface area contributed by atoms with Gasteiger partial charge in [0.15, 0.2) is 11.6 Å². The monoisotopic (exact) mass is 269 g/mol. The lowest BCUT2D eigenvalue weighted by molar-refractivity contribution is 0.0688. The van der Waals surface area contributed by atoms with Gasteiger partial charge in [-0.25, -0.2) is 13.6 Å². The van der Waals surface area contributed by atoms with Gasteiger partial charge in [0.25, 0.3) is 5.91 Å². The molecule has 19 heavy (non-hydrogen) atoms. The van der Waals surface area contributed by atoms with E-state index >= 15 is 0 Å². The third kappa shape index (κ3) is 2.72. The van der Waals surface area contributed by atoms with E-state index in [2.05, 4.69) is 5.32 Å². The van der Waals surface area contributed by atoms with E-state index in [1.54, 1.807) is 0 Å². The topological polar surface area (TPSA) is 66.4 Å². The average Bonchev–Trinajstić information content (AvgIpc) is 2.29. The maximum absolute atomic E-state index is 13.1. The Morgan fingerprint density at radius 2 is 1.74 bits per heavy atom. The molecule has 0 saturated heterocycles. The summed E-state index contributed by atoms with van der Waals surface area (Å²) in [5.74, 6) is -4.17. The fourth-order valence-electron chi connectivity index (χ4n) is 2.20. The molecule has 1 aromatic carbocycles. The molecule has 1 aliphatic rings. The van der Waals surface area contributed by atoms with E-state index in [9.17, 15) is 18.4 Å². The first kappa shape index (κ1) is 13.5. The Kier molecular flexibility index (Phi) is 3.50. The third-order valence-corrected chi connectivity index (χ3v) is 3.24. The molecule has 2 rings (SSSR count). The van der Waals surface area contributed by atoms with Crippen LogP contribution in [0.1, 0.15) is 40.5 Å². The molecule has 0 spiro atoms. The number of hydrogen-bond donors (Lipinski definition) is 2. The fraction of sp³-hybridized carbons (Fsp3) is 0.385. The number of carboxylic acids is 1. The molecule has 0 aromatic heterocycles. The number of nitrogens with one attached hydrogen (secondary N) is 1. The Hall–Kier alpha value is -1.98. The predicted molar refractivity (Wildman–Crippen MR) is 63.0 cm³/mol. The first-order valence-electron chi connectivity index (χ1n) is 5.91. The second kappa shape index (κ2) is 4.95. The van der Waals surface area contributed by atoms with Crippen LogP contribution in [0, 0.1) is 17.6 Å². The number of hydrogen-bond acceptors (Lipinski definition) is 2. The van der Waals surface area contributed by atoms with Gasteiger partial charge in [-0.15, -0.1) is 0 Å². The van der Waals surface area contributed by atoms with Gasteiger partial charge in [-0.2, -0.15) is 0 Å². The quantitative estimate of drug-likeness (QED) is 0.884. The Labute approximate surface area is 108 Å². The highest BCUT2D eigenvalue weighted by molar-refractivity contribution is 6.04. The number of carbonyl (C=O) groups is 2. The van der Waals surface area contributed by atoms with Crippen LogP contribution < -0.4 is 5.32 Å². The van der Waals surface area contributed by atoms with Crippen molar-refractivity contribution in [1.82, 2.24) is 5.32 Å².